The quantitative estimate of drug-likeness (QED) is 0.374. The zero-order valence-corrected chi connectivity index (χ0v) is 19.2. The number of nitrogens with zero attached hydrogens (tertiary/aromatic N) is 7. The maximum Gasteiger partial charge on any atom is 0.273 e. The Balaban J connectivity index is 1.48. The summed E-state index contributed by atoms with van der Waals surface area (Å²) in [6.45, 7) is 2.95. The molecule has 12 nitrogen and oxygen atoms in total. The van der Waals surface area contributed by atoms with Crippen LogP contribution in [-0.4, -0.2) is 63.2 Å². The summed E-state index contributed by atoms with van der Waals surface area (Å²) in [5, 5.41) is 32.4. The number of carbonyl (C=O) groups excluding carboxylic acids is 1. The maximum atomic E-state index is 13.1. The van der Waals surface area contributed by atoms with E-state index in [1.807, 2.05) is 31.2 Å². The molecule has 2 aromatic carbocycles. The molecule has 0 aliphatic carbocycles. The summed E-state index contributed by atoms with van der Waals surface area (Å²) in [5.74, 6) is 1.16. The van der Waals surface area contributed by atoms with Gasteiger partial charge < -0.3 is 9.47 Å². The van der Waals surface area contributed by atoms with E-state index in [-0.39, 0.29) is 17.4 Å². The first-order valence-electron chi connectivity index (χ1n) is 10.9. The monoisotopic (exact) mass is 473 g/mol. The van der Waals surface area contributed by atoms with Crippen molar-refractivity contribution in [3.8, 4) is 17.6 Å². The van der Waals surface area contributed by atoms with Crippen LogP contribution in [0.1, 0.15) is 41.5 Å². The van der Waals surface area contributed by atoms with Gasteiger partial charge in [0.25, 0.3) is 5.91 Å². The van der Waals surface area contributed by atoms with Gasteiger partial charge >= 0.3 is 0 Å². The number of benzene rings is 2. The number of amides is 1. The molecular formula is C23H23N9O3. The number of tetrazole rings is 1. The number of methoxy groups -OCH3 is 1. The number of nitrogens with one attached hydrogen (secondary N) is 2. The molecule has 35 heavy (non-hydrogen) atoms. The molecule has 1 aliphatic heterocycles. The molecule has 0 saturated carbocycles. The largest absolute Gasteiger partial charge is 0.493 e. The summed E-state index contributed by atoms with van der Waals surface area (Å²) >= 11 is 0. The lowest BCUT2D eigenvalue weighted by molar-refractivity contribution is 0.0751. The van der Waals surface area contributed by atoms with Crippen LogP contribution in [0.4, 0.5) is 5.69 Å². The number of rotatable bonds is 8. The fraction of sp³-hybridized carbons (Fsp3) is 0.261. The van der Waals surface area contributed by atoms with Gasteiger partial charge in [-0.2, -0.15) is 20.7 Å². The summed E-state index contributed by atoms with van der Waals surface area (Å²) in [7, 11) is 1.60. The van der Waals surface area contributed by atoms with Crippen LogP contribution in [0.3, 0.4) is 0 Å². The second-order valence-corrected chi connectivity index (χ2v) is 7.37. The number of anilines is 1. The third kappa shape index (κ3) is 5.41. The summed E-state index contributed by atoms with van der Waals surface area (Å²) in [6.07, 6.45) is 1.55. The van der Waals surface area contributed by atoms with E-state index in [9.17, 15) is 10.1 Å². The van der Waals surface area contributed by atoms with Gasteiger partial charge in [-0.15, -0.1) is 10.2 Å². The molecular weight excluding hydrogens is 450 g/mol. The molecule has 0 unspecified atom stereocenters. The lowest BCUT2D eigenvalue weighted by Crippen LogP contribution is -2.32. The van der Waals surface area contributed by atoms with Gasteiger partial charge in [0.15, 0.2) is 11.5 Å². The van der Waals surface area contributed by atoms with E-state index in [0.29, 0.717) is 35.9 Å². The first-order chi connectivity index (χ1) is 17.1. The number of H-pyrrole nitrogens is 1. The predicted molar refractivity (Wildman–Crippen MR) is 127 cm³/mol. The molecule has 1 amide bonds. The Bertz CT molecular complexity index is 1280. The highest BCUT2D eigenvalue weighted by Crippen LogP contribution is 2.29. The third-order valence-corrected chi connectivity index (χ3v) is 5.15. The fourth-order valence-electron chi connectivity index (χ4n) is 3.46. The number of aromatic nitrogens is 4. The number of carbonyl (C=O) groups is 1. The van der Waals surface area contributed by atoms with Crippen molar-refractivity contribution in [2.75, 3.05) is 25.7 Å². The van der Waals surface area contributed by atoms with Crippen LogP contribution in [0.25, 0.3) is 0 Å². The number of hydrogen-bond acceptors (Lipinski definition) is 10. The van der Waals surface area contributed by atoms with Crippen molar-refractivity contribution in [1.29, 1.82) is 5.26 Å². The number of ether oxygens (including phenoxy) is 2. The zero-order valence-electron chi connectivity index (χ0n) is 19.2. The van der Waals surface area contributed by atoms with Gasteiger partial charge in [-0.05, 0) is 67.4 Å². The predicted octanol–water partition coefficient (Wildman–Crippen LogP) is 2.59. The average Bonchev–Trinajstić information content (AvgIpc) is 3.44. The molecule has 4 rings (SSSR count). The van der Waals surface area contributed by atoms with E-state index in [2.05, 4.69) is 36.3 Å². The Morgan fingerprint density at radius 3 is 2.77 bits per heavy atom. The second kappa shape index (κ2) is 10.9. The zero-order chi connectivity index (χ0) is 24.6. The normalized spacial score (nSPS) is 13.6. The molecule has 0 radical (unpaired) electrons. The molecule has 3 aromatic rings. The summed E-state index contributed by atoms with van der Waals surface area (Å²) < 4.78 is 11.0. The van der Waals surface area contributed by atoms with E-state index >= 15 is 0 Å². The summed E-state index contributed by atoms with van der Waals surface area (Å²) in [5.41, 5.74) is 5.49. The average molecular weight is 473 g/mol. The van der Waals surface area contributed by atoms with Gasteiger partial charge in [-0.3, -0.25) is 10.2 Å². The lowest BCUT2D eigenvalue weighted by Gasteiger charge is -2.24. The minimum Gasteiger partial charge on any atom is -0.493 e. The maximum absolute atomic E-state index is 13.1. The fourth-order valence-corrected chi connectivity index (χ4v) is 3.46. The molecule has 2 heterocycles. The molecule has 1 aliphatic rings. The highest BCUT2D eigenvalue weighted by molar-refractivity contribution is 6.09. The van der Waals surface area contributed by atoms with Crippen LogP contribution in [0.2, 0.25) is 0 Å². The van der Waals surface area contributed by atoms with Crippen molar-refractivity contribution < 1.29 is 14.3 Å². The van der Waals surface area contributed by atoms with Crippen LogP contribution in [-0.2, 0) is 0 Å². The molecule has 12 heteroatoms. The first kappa shape index (κ1) is 23.4. The van der Waals surface area contributed by atoms with Gasteiger partial charge in [-0.1, -0.05) is 0 Å². The minimum absolute atomic E-state index is 0.0277. The Morgan fingerprint density at radius 2 is 2.09 bits per heavy atom. The highest BCUT2D eigenvalue weighted by atomic mass is 16.5. The van der Waals surface area contributed by atoms with Crippen LogP contribution < -0.4 is 14.9 Å². The van der Waals surface area contributed by atoms with E-state index in [4.69, 9.17) is 9.47 Å². The van der Waals surface area contributed by atoms with Crippen LogP contribution in [0.5, 0.6) is 11.5 Å². The van der Waals surface area contributed by atoms with Gasteiger partial charge in [0.05, 0.1) is 25.1 Å². The van der Waals surface area contributed by atoms with E-state index in [0.717, 1.165) is 24.1 Å². The van der Waals surface area contributed by atoms with Crippen molar-refractivity contribution in [3.63, 3.8) is 0 Å². The van der Waals surface area contributed by atoms with Crippen molar-refractivity contribution in [2.24, 2.45) is 10.2 Å². The Hall–Kier alpha value is -4.79. The molecule has 0 saturated heterocycles. The molecule has 0 fully saturated rings. The molecule has 1 aromatic heterocycles. The Labute approximate surface area is 201 Å². The lowest BCUT2D eigenvalue weighted by atomic mass is 10.0. The van der Waals surface area contributed by atoms with Gasteiger partial charge in [-0.25, -0.2) is 5.01 Å². The first-order valence-corrected chi connectivity index (χ1v) is 10.9. The van der Waals surface area contributed by atoms with Crippen molar-refractivity contribution in [3.05, 3.63) is 59.4 Å². The van der Waals surface area contributed by atoms with E-state index in [1.54, 1.807) is 31.4 Å². The summed E-state index contributed by atoms with van der Waals surface area (Å²) in [6, 6.07) is 14.3. The number of aromatic amines is 1. The standard InChI is InChI=1S/C23H23N9O3/c1-3-35-21-13-16(8-11-20(21)34-2)18-5-4-12-32(29-18)23(33)15-6-9-17(10-7-15)25-26-19(14-24)22-27-30-31-28-22/h6-11,13,25H,3-5,12H2,1-2H3,(H,27,28,30,31)/b26-19-. The molecule has 0 bridgehead atoms. The van der Waals surface area contributed by atoms with Crippen LogP contribution in [0, 0.1) is 11.3 Å². The van der Waals surface area contributed by atoms with Gasteiger partial charge in [0.1, 0.15) is 6.07 Å². The Kier molecular flexibility index (Phi) is 7.27. The highest BCUT2D eigenvalue weighted by Gasteiger charge is 2.21. The van der Waals surface area contributed by atoms with Gasteiger partial charge in [0, 0.05) is 17.7 Å². The van der Waals surface area contributed by atoms with Crippen molar-refractivity contribution >= 4 is 23.0 Å². The minimum atomic E-state index is -0.208. The number of hydrazone groups is 2. The number of hydrogen-bond donors (Lipinski definition) is 2. The summed E-state index contributed by atoms with van der Waals surface area (Å²) in [4.78, 5) is 13.1. The van der Waals surface area contributed by atoms with E-state index < -0.39 is 0 Å². The Morgan fingerprint density at radius 1 is 1.26 bits per heavy atom. The third-order valence-electron chi connectivity index (χ3n) is 5.15. The molecule has 178 valence electrons. The topological polar surface area (TPSA) is 154 Å². The number of nitriles is 1. The van der Waals surface area contributed by atoms with Crippen LogP contribution in [0.15, 0.2) is 52.7 Å². The molecule has 0 atom stereocenters. The molecule has 2 N–H and O–H groups in total. The molecule has 0 spiro atoms. The van der Waals surface area contributed by atoms with Gasteiger partial charge in [0.2, 0.25) is 11.5 Å². The second-order valence-electron chi connectivity index (χ2n) is 7.37. The van der Waals surface area contributed by atoms with E-state index in [1.165, 1.54) is 5.01 Å². The van der Waals surface area contributed by atoms with Crippen molar-refractivity contribution in [1.82, 2.24) is 25.6 Å². The SMILES string of the molecule is CCOc1cc(C2=NN(C(=O)c3ccc(N/N=C(/C#N)c4nn[nH]n4)cc3)CCC2)ccc1OC. The smallest absolute Gasteiger partial charge is 0.273 e. The van der Waals surface area contributed by atoms with Crippen molar-refractivity contribution in [2.45, 2.75) is 19.8 Å². The van der Waals surface area contributed by atoms with Crippen LogP contribution >= 0.6 is 0 Å².